The Hall–Kier alpha value is 0.916. The zero-order chi connectivity index (χ0) is 11.3. The van der Waals surface area contributed by atoms with Gasteiger partial charge in [-0.2, -0.15) is 0 Å². The van der Waals surface area contributed by atoms with E-state index in [1.165, 1.54) is 6.21 Å². The van der Waals surface area contributed by atoms with E-state index >= 15 is 0 Å². The molecule has 0 spiro atoms. The second-order valence-electron chi connectivity index (χ2n) is 2.82. The molecule has 7 heteroatoms. The van der Waals surface area contributed by atoms with Gasteiger partial charge < -0.3 is 4.55 Å². The quantitative estimate of drug-likeness (QED) is 0.380. The maximum Gasteiger partial charge on any atom is 1.00 e. The first kappa shape index (κ1) is 16.9. The van der Waals surface area contributed by atoms with E-state index in [-0.39, 0.29) is 57.9 Å². The Morgan fingerprint density at radius 2 is 2.00 bits per heavy atom. The normalized spacial score (nSPS) is 11.4. The molecule has 0 amide bonds. The summed E-state index contributed by atoms with van der Waals surface area (Å²) in [6, 6.07) is 7.39. The fourth-order valence-electron chi connectivity index (χ4n) is 0.907. The SMILES string of the molecule is O=S(=O)([O-])CCN=Cc1ccccc1Br.[K+]. The van der Waals surface area contributed by atoms with Crippen molar-refractivity contribution in [2.75, 3.05) is 12.3 Å². The fraction of sp³-hybridized carbons (Fsp3) is 0.222. The molecule has 82 valence electrons. The van der Waals surface area contributed by atoms with Gasteiger partial charge in [0.05, 0.1) is 22.4 Å². The topological polar surface area (TPSA) is 69.6 Å². The predicted octanol–water partition coefficient (Wildman–Crippen LogP) is -1.58. The molecule has 0 aliphatic carbocycles. The molecule has 0 saturated carbocycles. The summed E-state index contributed by atoms with van der Waals surface area (Å²) in [6.07, 6.45) is 1.54. The van der Waals surface area contributed by atoms with Gasteiger partial charge in [-0.05, 0) is 6.07 Å². The molecule has 1 rings (SSSR count). The molecular formula is C9H9BrKNO3S. The maximum atomic E-state index is 10.3. The van der Waals surface area contributed by atoms with Crippen LogP contribution in [0.25, 0.3) is 0 Å². The monoisotopic (exact) mass is 329 g/mol. The van der Waals surface area contributed by atoms with Crippen molar-refractivity contribution in [1.29, 1.82) is 0 Å². The molecular weight excluding hydrogens is 321 g/mol. The van der Waals surface area contributed by atoms with Gasteiger partial charge in [0.25, 0.3) is 0 Å². The van der Waals surface area contributed by atoms with Crippen molar-refractivity contribution in [3.05, 3.63) is 34.3 Å². The summed E-state index contributed by atoms with van der Waals surface area (Å²) in [6.45, 7) is -0.00678. The summed E-state index contributed by atoms with van der Waals surface area (Å²) in [5.74, 6) is -0.464. The summed E-state index contributed by atoms with van der Waals surface area (Å²) >= 11 is 3.32. The van der Waals surface area contributed by atoms with Crippen molar-refractivity contribution in [2.45, 2.75) is 0 Å². The Labute approximate surface area is 146 Å². The summed E-state index contributed by atoms with van der Waals surface area (Å²) in [5.41, 5.74) is 0.848. The van der Waals surface area contributed by atoms with E-state index in [1.807, 2.05) is 24.3 Å². The third kappa shape index (κ3) is 7.28. The number of nitrogens with zero attached hydrogens (tertiary/aromatic N) is 1. The average molecular weight is 330 g/mol. The van der Waals surface area contributed by atoms with Gasteiger partial charge in [0.1, 0.15) is 0 Å². The van der Waals surface area contributed by atoms with Gasteiger partial charge >= 0.3 is 51.4 Å². The molecule has 0 fully saturated rings. The molecule has 0 N–H and O–H groups in total. The molecule has 16 heavy (non-hydrogen) atoms. The zero-order valence-corrected chi connectivity index (χ0v) is 14.3. The fourth-order valence-corrected chi connectivity index (χ4v) is 1.62. The van der Waals surface area contributed by atoms with Gasteiger partial charge in [0.2, 0.25) is 0 Å². The average Bonchev–Trinajstić information content (AvgIpc) is 2.13. The summed E-state index contributed by atoms with van der Waals surface area (Å²) in [7, 11) is -4.16. The minimum atomic E-state index is -4.16. The van der Waals surface area contributed by atoms with Crippen LogP contribution in [0.3, 0.4) is 0 Å². The van der Waals surface area contributed by atoms with Crippen molar-refractivity contribution in [3.63, 3.8) is 0 Å². The van der Waals surface area contributed by atoms with Crippen LogP contribution in [-0.2, 0) is 10.1 Å². The van der Waals surface area contributed by atoms with Crippen LogP contribution in [0.2, 0.25) is 0 Å². The Balaban J connectivity index is 0.00000225. The van der Waals surface area contributed by atoms with E-state index in [0.717, 1.165) is 10.0 Å². The predicted molar refractivity (Wildman–Crippen MR) is 61.2 cm³/mol. The first-order valence-corrected chi connectivity index (χ1v) is 6.54. The van der Waals surface area contributed by atoms with Crippen LogP contribution in [0.4, 0.5) is 0 Å². The van der Waals surface area contributed by atoms with Crippen LogP contribution in [0.1, 0.15) is 5.56 Å². The molecule has 0 heterocycles. The first-order chi connectivity index (χ1) is 6.99. The van der Waals surface area contributed by atoms with Crippen LogP contribution in [0.15, 0.2) is 33.7 Å². The van der Waals surface area contributed by atoms with Crippen molar-refractivity contribution >= 4 is 32.3 Å². The van der Waals surface area contributed by atoms with Crippen molar-refractivity contribution in [3.8, 4) is 0 Å². The summed E-state index contributed by atoms with van der Waals surface area (Å²) in [4.78, 5) is 3.85. The van der Waals surface area contributed by atoms with Gasteiger partial charge in [-0.1, -0.05) is 34.1 Å². The Kier molecular flexibility index (Phi) is 8.56. The molecule has 0 bridgehead atoms. The molecule has 1 aromatic rings. The Bertz CT molecular complexity index is 462. The summed E-state index contributed by atoms with van der Waals surface area (Å²) < 4.78 is 31.7. The molecule has 0 saturated heterocycles. The van der Waals surface area contributed by atoms with E-state index in [4.69, 9.17) is 0 Å². The van der Waals surface area contributed by atoms with Crippen LogP contribution in [0, 0.1) is 0 Å². The van der Waals surface area contributed by atoms with Gasteiger partial charge in [0.15, 0.2) is 0 Å². The Morgan fingerprint density at radius 1 is 1.38 bits per heavy atom. The molecule has 0 aliphatic heterocycles. The molecule has 4 nitrogen and oxygen atoms in total. The standard InChI is InChI=1S/C9H10BrNO3S.K/c10-9-4-2-1-3-8(9)7-11-5-6-15(12,13)14;/h1-4,7H,5-6H2,(H,12,13,14);/q;+1/p-1. The van der Waals surface area contributed by atoms with Crippen LogP contribution >= 0.6 is 15.9 Å². The van der Waals surface area contributed by atoms with Gasteiger partial charge in [-0.25, -0.2) is 8.42 Å². The number of rotatable bonds is 4. The van der Waals surface area contributed by atoms with Gasteiger partial charge in [-0.15, -0.1) is 0 Å². The van der Waals surface area contributed by atoms with Crippen LogP contribution < -0.4 is 51.4 Å². The molecule has 0 atom stereocenters. The molecule has 0 radical (unpaired) electrons. The smallest absolute Gasteiger partial charge is 0.748 e. The van der Waals surface area contributed by atoms with E-state index in [9.17, 15) is 13.0 Å². The summed E-state index contributed by atoms with van der Waals surface area (Å²) in [5, 5.41) is 0. The number of benzene rings is 1. The largest absolute Gasteiger partial charge is 1.00 e. The second-order valence-corrected chi connectivity index (χ2v) is 5.20. The zero-order valence-electron chi connectivity index (χ0n) is 8.76. The Morgan fingerprint density at radius 3 is 2.56 bits per heavy atom. The van der Waals surface area contributed by atoms with Gasteiger partial charge in [-0.3, -0.25) is 4.99 Å². The van der Waals surface area contributed by atoms with Crippen molar-refractivity contribution in [1.82, 2.24) is 0 Å². The van der Waals surface area contributed by atoms with E-state index in [1.54, 1.807) is 0 Å². The molecule has 1 aromatic carbocycles. The van der Waals surface area contributed by atoms with E-state index in [2.05, 4.69) is 20.9 Å². The van der Waals surface area contributed by atoms with Crippen LogP contribution in [-0.4, -0.2) is 31.5 Å². The van der Waals surface area contributed by atoms with Crippen molar-refractivity contribution in [2.24, 2.45) is 4.99 Å². The molecule has 0 unspecified atom stereocenters. The number of aliphatic imine (C=N–C) groups is 1. The van der Waals surface area contributed by atoms with Crippen molar-refractivity contribution < 1.29 is 64.4 Å². The first-order valence-electron chi connectivity index (χ1n) is 4.17. The maximum absolute atomic E-state index is 10.3. The number of hydrogen-bond acceptors (Lipinski definition) is 4. The minimum Gasteiger partial charge on any atom is -0.748 e. The number of hydrogen-bond donors (Lipinski definition) is 0. The third-order valence-corrected chi connectivity index (χ3v) is 3.01. The van der Waals surface area contributed by atoms with E-state index < -0.39 is 15.9 Å². The molecule has 0 aromatic heterocycles. The van der Waals surface area contributed by atoms with E-state index in [0.29, 0.717) is 0 Å². The van der Waals surface area contributed by atoms with Gasteiger partial charge in [0, 0.05) is 16.3 Å². The third-order valence-electron chi connectivity index (χ3n) is 1.61. The minimum absolute atomic E-state index is 0. The van der Waals surface area contributed by atoms with Crippen LogP contribution in [0.5, 0.6) is 0 Å². The molecule has 0 aliphatic rings. The second kappa shape index (κ2) is 8.09. The number of halogens is 1.